The molecule has 1 heterocycles. The van der Waals surface area contributed by atoms with Crippen molar-refractivity contribution in [3.8, 4) is 5.75 Å². The van der Waals surface area contributed by atoms with Crippen molar-refractivity contribution in [3.63, 3.8) is 0 Å². The Morgan fingerprint density at radius 1 is 1.17 bits per heavy atom. The van der Waals surface area contributed by atoms with Gasteiger partial charge in [-0.15, -0.1) is 10.2 Å². The number of benzene rings is 2. The largest absolute Gasteiger partial charge is 0.484 e. The Bertz CT molecular complexity index is 1050. The van der Waals surface area contributed by atoms with E-state index in [1.54, 1.807) is 47.9 Å². The van der Waals surface area contributed by atoms with Crippen molar-refractivity contribution in [2.24, 2.45) is 7.05 Å². The van der Waals surface area contributed by atoms with Gasteiger partial charge in [-0.25, -0.2) is 0 Å². The summed E-state index contributed by atoms with van der Waals surface area (Å²) < 4.78 is 7.49. The number of anilines is 1. The van der Waals surface area contributed by atoms with Crippen LogP contribution >= 0.6 is 23.4 Å². The predicted octanol–water partition coefficient (Wildman–Crippen LogP) is 4.37. The van der Waals surface area contributed by atoms with Gasteiger partial charge in [0.05, 0.1) is 10.3 Å². The van der Waals surface area contributed by atoms with Crippen LogP contribution in [-0.4, -0.2) is 31.7 Å². The number of para-hydroxylation sites is 1. The molecule has 2 aromatic carbocycles. The summed E-state index contributed by atoms with van der Waals surface area (Å²) in [7, 11) is 1.82. The third kappa shape index (κ3) is 5.40. The second-order valence-corrected chi connectivity index (χ2v) is 8.27. The first kappa shape index (κ1) is 21.9. The minimum atomic E-state index is -0.405. The minimum absolute atomic E-state index is 0.0200. The van der Waals surface area contributed by atoms with Gasteiger partial charge in [-0.2, -0.15) is 0 Å². The summed E-state index contributed by atoms with van der Waals surface area (Å²) in [5.74, 6) is 0.991. The van der Waals surface area contributed by atoms with Crippen molar-refractivity contribution in [1.29, 1.82) is 0 Å². The third-order valence-electron chi connectivity index (χ3n) is 4.33. The van der Waals surface area contributed by atoms with Gasteiger partial charge in [0.2, 0.25) is 5.91 Å². The molecule has 9 heteroatoms. The van der Waals surface area contributed by atoms with Gasteiger partial charge in [0.15, 0.2) is 16.8 Å². The van der Waals surface area contributed by atoms with Crippen molar-refractivity contribution >= 4 is 40.7 Å². The number of nitrogens with one attached hydrogen (secondary N) is 1. The van der Waals surface area contributed by atoms with E-state index in [0.717, 1.165) is 0 Å². The highest BCUT2D eigenvalue weighted by molar-refractivity contribution is 8.00. The fraction of sp³-hybridized carbons (Fsp3) is 0.238. The summed E-state index contributed by atoms with van der Waals surface area (Å²) in [5.41, 5.74) is 1.23. The molecule has 156 valence electrons. The zero-order valence-corrected chi connectivity index (χ0v) is 18.3. The molecule has 0 aliphatic heterocycles. The minimum Gasteiger partial charge on any atom is -0.484 e. The number of halogens is 1. The highest BCUT2D eigenvalue weighted by Gasteiger charge is 2.19. The van der Waals surface area contributed by atoms with E-state index in [-0.39, 0.29) is 18.3 Å². The smallest absolute Gasteiger partial charge is 0.237 e. The molecular formula is C21H21ClN4O3S. The number of hydrogen-bond donors (Lipinski definition) is 1. The predicted molar refractivity (Wildman–Crippen MR) is 117 cm³/mol. The van der Waals surface area contributed by atoms with E-state index in [1.165, 1.54) is 18.7 Å². The van der Waals surface area contributed by atoms with E-state index in [2.05, 4.69) is 15.5 Å². The van der Waals surface area contributed by atoms with Gasteiger partial charge in [-0.3, -0.25) is 9.59 Å². The quantitative estimate of drug-likeness (QED) is 0.410. The number of ether oxygens (including phenoxy) is 1. The number of amides is 1. The number of thioether (sulfide) groups is 1. The SMILES string of the molecule is CC(=O)c1ccc(NC(=O)C(C)Sc2nnc(COc3ccccc3Cl)n2C)cc1. The lowest BCUT2D eigenvalue weighted by molar-refractivity contribution is -0.115. The third-order valence-corrected chi connectivity index (χ3v) is 5.78. The lowest BCUT2D eigenvalue weighted by atomic mass is 10.1. The summed E-state index contributed by atoms with van der Waals surface area (Å²) in [5, 5.41) is 11.9. The van der Waals surface area contributed by atoms with E-state index < -0.39 is 5.25 Å². The molecule has 0 bridgehead atoms. The average molecular weight is 445 g/mol. The van der Waals surface area contributed by atoms with Gasteiger partial charge in [0.25, 0.3) is 0 Å². The van der Waals surface area contributed by atoms with Crippen molar-refractivity contribution in [2.45, 2.75) is 30.9 Å². The first-order chi connectivity index (χ1) is 14.3. The van der Waals surface area contributed by atoms with Crippen LogP contribution in [0.2, 0.25) is 5.02 Å². The van der Waals surface area contributed by atoms with E-state index in [4.69, 9.17) is 16.3 Å². The van der Waals surface area contributed by atoms with Crippen LogP contribution in [0, 0.1) is 0 Å². The fourth-order valence-corrected chi connectivity index (χ4v) is 3.55. The summed E-state index contributed by atoms with van der Waals surface area (Å²) >= 11 is 7.39. The van der Waals surface area contributed by atoms with Crippen molar-refractivity contribution in [2.75, 3.05) is 5.32 Å². The van der Waals surface area contributed by atoms with Gasteiger partial charge < -0.3 is 14.6 Å². The van der Waals surface area contributed by atoms with E-state index in [1.807, 2.05) is 19.2 Å². The molecule has 0 aliphatic rings. The van der Waals surface area contributed by atoms with Gasteiger partial charge in [-0.1, -0.05) is 35.5 Å². The van der Waals surface area contributed by atoms with E-state index in [9.17, 15) is 9.59 Å². The standard InChI is InChI=1S/C21H21ClN4O3S/c1-13(27)15-8-10-16(11-9-15)23-20(28)14(2)30-21-25-24-19(26(21)3)12-29-18-7-5-4-6-17(18)22/h4-11,14H,12H2,1-3H3,(H,23,28). The molecule has 30 heavy (non-hydrogen) atoms. The topological polar surface area (TPSA) is 86.1 Å². The van der Waals surface area contributed by atoms with Gasteiger partial charge in [-0.05, 0) is 50.2 Å². The van der Waals surface area contributed by atoms with Crippen molar-refractivity contribution < 1.29 is 14.3 Å². The van der Waals surface area contributed by atoms with Crippen LogP contribution in [-0.2, 0) is 18.4 Å². The monoisotopic (exact) mass is 444 g/mol. The first-order valence-electron chi connectivity index (χ1n) is 9.19. The van der Waals surface area contributed by atoms with Gasteiger partial charge >= 0.3 is 0 Å². The van der Waals surface area contributed by atoms with Crippen LogP contribution in [0.15, 0.2) is 53.7 Å². The maximum Gasteiger partial charge on any atom is 0.237 e. The molecular weight excluding hydrogens is 424 g/mol. The lowest BCUT2D eigenvalue weighted by Crippen LogP contribution is -2.22. The molecule has 1 N–H and O–H groups in total. The summed E-state index contributed by atoms with van der Waals surface area (Å²) in [6, 6.07) is 14.0. The molecule has 7 nitrogen and oxygen atoms in total. The molecule has 1 atom stereocenters. The second kappa shape index (κ2) is 9.77. The van der Waals surface area contributed by atoms with E-state index >= 15 is 0 Å². The summed E-state index contributed by atoms with van der Waals surface area (Å²) in [6.07, 6.45) is 0. The van der Waals surface area contributed by atoms with Crippen LogP contribution in [0.25, 0.3) is 0 Å². The molecule has 1 aromatic heterocycles. The summed E-state index contributed by atoms with van der Waals surface area (Å²) in [6.45, 7) is 3.50. The second-order valence-electron chi connectivity index (χ2n) is 6.56. The Balaban J connectivity index is 1.58. The number of carbonyl (C=O) groups is 2. The van der Waals surface area contributed by atoms with Crippen molar-refractivity contribution in [3.05, 3.63) is 64.9 Å². The maximum absolute atomic E-state index is 12.5. The number of aromatic nitrogens is 3. The molecule has 0 saturated carbocycles. The first-order valence-corrected chi connectivity index (χ1v) is 10.4. The molecule has 1 amide bonds. The number of hydrogen-bond acceptors (Lipinski definition) is 6. The Hall–Kier alpha value is -2.84. The highest BCUT2D eigenvalue weighted by atomic mass is 35.5. The Kier molecular flexibility index (Phi) is 7.12. The Morgan fingerprint density at radius 2 is 1.87 bits per heavy atom. The van der Waals surface area contributed by atoms with Crippen LogP contribution in [0.1, 0.15) is 30.0 Å². The molecule has 0 saturated heterocycles. The maximum atomic E-state index is 12.5. The van der Waals surface area contributed by atoms with Crippen LogP contribution in [0.4, 0.5) is 5.69 Å². The number of Topliss-reactive ketones (excluding diaryl/α,β-unsaturated/α-hetero) is 1. The number of ketones is 1. The molecule has 3 aromatic rings. The zero-order valence-electron chi connectivity index (χ0n) is 16.8. The Labute approximate surface area is 183 Å². The van der Waals surface area contributed by atoms with Gasteiger partial charge in [0.1, 0.15) is 12.4 Å². The molecule has 0 aliphatic carbocycles. The number of nitrogens with zero attached hydrogens (tertiary/aromatic N) is 3. The normalized spacial score (nSPS) is 11.7. The van der Waals surface area contributed by atoms with Crippen LogP contribution in [0.5, 0.6) is 5.75 Å². The number of rotatable bonds is 8. The fourth-order valence-electron chi connectivity index (χ4n) is 2.52. The highest BCUT2D eigenvalue weighted by Crippen LogP contribution is 2.26. The van der Waals surface area contributed by atoms with E-state index in [0.29, 0.717) is 33.0 Å². The molecule has 3 rings (SSSR count). The molecule has 0 radical (unpaired) electrons. The van der Waals surface area contributed by atoms with Crippen LogP contribution in [0.3, 0.4) is 0 Å². The van der Waals surface area contributed by atoms with Crippen molar-refractivity contribution in [1.82, 2.24) is 14.8 Å². The molecule has 0 fully saturated rings. The van der Waals surface area contributed by atoms with Gasteiger partial charge in [0, 0.05) is 18.3 Å². The molecule has 0 spiro atoms. The van der Waals surface area contributed by atoms with Crippen LogP contribution < -0.4 is 10.1 Å². The summed E-state index contributed by atoms with van der Waals surface area (Å²) in [4.78, 5) is 23.9. The molecule has 1 unspecified atom stereocenters. The average Bonchev–Trinajstić information content (AvgIpc) is 3.07. The Morgan fingerprint density at radius 3 is 2.53 bits per heavy atom. The zero-order chi connectivity index (χ0) is 21.7. The lowest BCUT2D eigenvalue weighted by Gasteiger charge is -2.12. The number of carbonyl (C=O) groups excluding carboxylic acids is 2.